The minimum atomic E-state index is -0.339. The summed E-state index contributed by atoms with van der Waals surface area (Å²) in [6.45, 7) is 2.50. The highest BCUT2D eigenvalue weighted by Crippen LogP contribution is 2.30. The van der Waals surface area contributed by atoms with Crippen LogP contribution in [0.2, 0.25) is 0 Å². The zero-order valence-electron chi connectivity index (χ0n) is 10.1. The second-order valence-corrected chi connectivity index (χ2v) is 4.47. The third-order valence-electron chi connectivity index (χ3n) is 2.55. The number of amides is 2. The molecule has 1 aromatic carbocycles. The molecule has 4 nitrogen and oxygen atoms in total. The predicted octanol–water partition coefficient (Wildman–Crippen LogP) is 1.82. The van der Waals surface area contributed by atoms with Crippen molar-refractivity contribution < 1.29 is 14.3 Å². The maximum absolute atomic E-state index is 11.7. The molecule has 0 radical (unpaired) electrons. The van der Waals surface area contributed by atoms with Crippen molar-refractivity contribution in [3.8, 4) is 5.75 Å². The number of imide groups is 1. The Hall–Kier alpha value is -1.75. The largest absolute Gasteiger partial charge is 0.494 e. The second-order valence-electron chi connectivity index (χ2n) is 3.65. The summed E-state index contributed by atoms with van der Waals surface area (Å²) < 4.78 is 5.34. The van der Waals surface area contributed by atoms with Crippen LogP contribution in [0.15, 0.2) is 29.2 Å². The first-order valence-electron chi connectivity index (χ1n) is 5.54. The molecule has 1 aliphatic heterocycles. The van der Waals surface area contributed by atoms with Crippen molar-refractivity contribution >= 4 is 29.1 Å². The summed E-state index contributed by atoms with van der Waals surface area (Å²) in [7, 11) is 0. The van der Waals surface area contributed by atoms with Crippen LogP contribution in [-0.4, -0.2) is 24.7 Å². The van der Waals surface area contributed by atoms with E-state index < -0.39 is 0 Å². The molecule has 1 N–H and O–H groups in total. The number of nitrogens with one attached hydrogen (secondary N) is 1. The van der Waals surface area contributed by atoms with Crippen molar-refractivity contribution in [2.75, 3.05) is 12.9 Å². The number of carbonyl (C=O) groups is 2. The smallest absolute Gasteiger partial charge is 0.265 e. The Bertz CT molecular complexity index is 520. The molecular formula is C13H13NO3S. The molecule has 0 saturated heterocycles. The van der Waals surface area contributed by atoms with Gasteiger partial charge < -0.3 is 4.74 Å². The highest BCUT2D eigenvalue weighted by Gasteiger charge is 2.30. The van der Waals surface area contributed by atoms with Crippen molar-refractivity contribution in [3.63, 3.8) is 0 Å². The maximum Gasteiger partial charge on any atom is 0.265 e. The minimum absolute atomic E-state index is 0.323. The molecule has 0 unspecified atom stereocenters. The van der Waals surface area contributed by atoms with Gasteiger partial charge >= 0.3 is 0 Å². The molecule has 94 valence electrons. The van der Waals surface area contributed by atoms with Crippen molar-refractivity contribution in [3.05, 3.63) is 34.7 Å². The molecule has 2 amide bonds. The standard InChI is InChI=1S/C13H13NO3S/c1-3-17-9-6-4-8(5-7-9)10-11(18-2)13(16)14-12(10)15/h4-7H,3H2,1-2H3,(H,14,15,16). The van der Waals surface area contributed by atoms with Gasteiger partial charge in [0.2, 0.25) is 0 Å². The van der Waals surface area contributed by atoms with Gasteiger partial charge in [0, 0.05) is 0 Å². The van der Waals surface area contributed by atoms with Gasteiger partial charge in [0.15, 0.2) is 0 Å². The van der Waals surface area contributed by atoms with E-state index in [1.165, 1.54) is 11.8 Å². The van der Waals surface area contributed by atoms with E-state index in [1.54, 1.807) is 30.5 Å². The molecule has 18 heavy (non-hydrogen) atoms. The Morgan fingerprint density at radius 3 is 2.39 bits per heavy atom. The first-order valence-corrected chi connectivity index (χ1v) is 6.77. The normalized spacial score (nSPS) is 15.0. The van der Waals surface area contributed by atoms with Gasteiger partial charge in [0.1, 0.15) is 5.75 Å². The van der Waals surface area contributed by atoms with E-state index in [2.05, 4.69) is 5.32 Å². The molecule has 1 aliphatic rings. The van der Waals surface area contributed by atoms with E-state index in [0.717, 1.165) is 11.3 Å². The van der Waals surface area contributed by atoms with Crippen molar-refractivity contribution in [1.82, 2.24) is 5.32 Å². The van der Waals surface area contributed by atoms with Crippen LogP contribution < -0.4 is 10.1 Å². The Morgan fingerprint density at radius 2 is 1.83 bits per heavy atom. The number of thioether (sulfide) groups is 1. The molecule has 0 spiro atoms. The number of rotatable bonds is 4. The van der Waals surface area contributed by atoms with Gasteiger partial charge in [-0.05, 0) is 30.9 Å². The van der Waals surface area contributed by atoms with Gasteiger partial charge in [-0.3, -0.25) is 14.9 Å². The number of benzene rings is 1. The van der Waals surface area contributed by atoms with Gasteiger partial charge in [-0.1, -0.05) is 12.1 Å². The molecule has 0 aliphatic carbocycles. The average Bonchev–Trinajstić information content (AvgIpc) is 2.65. The lowest BCUT2D eigenvalue weighted by Crippen LogP contribution is -2.22. The first kappa shape index (κ1) is 12.7. The molecule has 2 rings (SSSR count). The summed E-state index contributed by atoms with van der Waals surface area (Å²) in [5.41, 5.74) is 1.17. The third kappa shape index (κ3) is 2.26. The van der Waals surface area contributed by atoms with Gasteiger partial charge in [0.05, 0.1) is 17.1 Å². The molecular weight excluding hydrogens is 250 g/mol. The summed E-state index contributed by atoms with van der Waals surface area (Å²) in [4.78, 5) is 23.7. The average molecular weight is 263 g/mol. The van der Waals surface area contributed by atoms with Crippen LogP contribution in [0, 0.1) is 0 Å². The molecule has 0 saturated carbocycles. The van der Waals surface area contributed by atoms with E-state index in [1.807, 2.05) is 6.92 Å². The quantitative estimate of drug-likeness (QED) is 0.842. The Morgan fingerprint density at radius 1 is 1.17 bits per heavy atom. The topological polar surface area (TPSA) is 55.4 Å². The van der Waals surface area contributed by atoms with E-state index in [4.69, 9.17) is 4.74 Å². The first-order chi connectivity index (χ1) is 8.67. The van der Waals surface area contributed by atoms with Gasteiger partial charge in [0.25, 0.3) is 11.8 Å². The zero-order valence-corrected chi connectivity index (χ0v) is 11.0. The highest BCUT2D eigenvalue weighted by molar-refractivity contribution is 8.03. The number of carbonyl (C=O) groups excluding carboxylic acids is 2. The fourth-order valence-corrected chi connectivity index (χ4v) is 2.43. The van der Waals surface area contributed by atoms with Crippen LogP contribution in [0.1, 0.15) is 12.5 Å². The lowest BCUT2D eigenvalue weighted by molar-refractivity contribution is -0.123. The number of hydrogen-bond donors (Lipinski definition) is 1. The molecule has 5 heteroatoms. The zero-order chi connectivity index (χ0) is 13.1. The van der Waals surface area contributed by atoms with Gasteiger partial charge in [-0.25, -0.2) is 0 Å². The van der Waals surface area contributed by atoms with Crippen LogP contribution >= 0.6 is 11.8 Å². The van der Waals surface area contributed by atoms with E-state index >= 15 is 0 Å². The van der Waals surface area contributed by atoms with Crippen molar-refractivity contribution in [2.45, 2.75) is 6.92 Å². The summed E-state index contributed by atoms with van der Waals surface area (Å²) in [5.74, 6) is 0.0853. The van der Waals surface area contributed by atoms with Crippen LogP contribution in [0.4, 0.5) is 0 Å². The Labute approximate surface area is 109 Å². The van der Waals surface area contributed by atoms with Gasteiger partial charge in [-0.2, -0.15) is 0 Å². The van der Waals surface area contributed by atoms with Crippen molar-refractivity contribution in [1.29, 1.82) is 0 Å². The summed E-state index contributed by atoms with van der Waals surface area (Å²) in [6, 6.07) is 7.16. The van der Waals surface area contributed by atoms with Crippen molar-refractivity contribution in [2.24, 2.45) is 0 Å². The van der Waals surface area contributed by atoms with Crippen LogP contribution in [0.25, 0.3) is 5.57 Å². The lowest BCUT2D eigenvalue weighted by atomic mass is 10.1. The summed E-state index contributed by atoms with van der Waals surface area (Å²) >= 11 is 1.28. The second kappa shape index (κ2) is 5.27. The lowest BCUT2D eigenvalue weighted by Gasteiger charge is -2.05. The molecule has 0 bridgehead atoms. The Kier molecular flexibility index (Phi) is 3.72. The maximum atomic E-state index is 11.7. The SMILES string of the molecule is CCOc1ccc(C2=C(SC)C(=O)NC2=O)cc1. The van der Waals surface area contributed by atoms with Gasteiger partial charge in [-0.15, -0.1) is 11.8 Å². The number of ether oxygens (including phenoxy) is 1. The van der Waals surface area contributed by atoms with E-state index in [9.17, 15) is 9.59 Å². The van der Waals surface area contributed by atoms with E-state index in [0.29, 0.717) is 17.1 Å². The van der Waals surface area contributed by atoms with Crippen LogP contribution in [0.3, 0.4) is 0 Å². The van der Waals surface area contributed by atoms with Crippen LogP contribution in [-0.2, 0) is 9.59 Å². The summed E-state index contributed by atoms with van der Waals surface area (Å²) in [5, 5.41) is 2.30. The molecule has 0 atom stereocenters. The predicted molar refractivity (Wildman–Crippen MR) is 71.2 cm³/mol. The third-order valence-corrected chi connectivity index (χ3v) is 3.34. The minimum Gasteiger partial charge on any atom is -0.494 e. The fourth-order valence-electron chi connectivity index (χ4n) is 1.78. The number of hydrogen-bond acceptors (Lipinski definition) is 4. The molecule has 0 aromatic heterocycles. The highest BCUT2D eigenvalue weighted by atomic mass is 32.2. The van der Waals surface area contributed by atoms with E-state index in [-0.39, 0.29) is 11.8 Å². The summed E-state index contributed by atoms with van der Waals surface area (Å²) in [6.07, 6.45) is 1.78. The fraction of sp³-hybridized carbons (Fsp3) is 0.231. The Balaban J connectivity index is 2.38. The molecule has 1 heterocycles. The molecule has 0 fully saturated rings. The van der Waals surface area contributed by atoms with Crippen LogP contribution in [0.5, 0.6) is 5.75 Å². The monoisotopic (exact) mass is 263 g/mol. The molecule has 1 aromatic rings.